The number of fused-ring (bicyclic) bond motifs is 1. The van der Waals surface area contributed by atoms with E-state index in [2.05, 4.69) is 0 Å². The summed E-state index contributed by atoms with van der Waals surface area (Å²) in [5.41, 5.74) is 0.464. The Bertz CT molecular complexity index is 427. The molecule has 16 heavy (non-hydrogen) atoms. The van der Waals surface area contributed by atoms with Crippen molar-refractivity contribution in [3.05, 3.63) is 28.3 Å². The SMILES string of the molecule is CC(O)(C=O)Cc1cc(Cl)cc2c1OCC2. The Labute approximate surface area is 99.0 Å². The Morgan fingerprint density at radius 1 is 1.62 bits per heavy atom. The second-order valence-electron chi connectivity index (χ2n) is 4.30. The number of aldehydes is 1. The number of hydrogen-bond donors (Lipinski definition) is 1. The lowest BCUT2D eigenvalue weighted by atomic mass is 9.96. The van der Waals surface area contributed by atoms with E-state index in [1.165, 1.54) is 6.92 Å². The molecule has 4 heteroatoms. The zero-order chi connectivity index (χ0) is 11.8. The fourth-order valence-electron chi connectivity index (χ4n) is 1.90. The van der Waals surface area contributed by atoms with Gasteiger partial charge in [0.1, 0.15) is 11.4 Å². The van der Waals surface area contributed by atoms with Crippen LogP contribution in [0.3, 0.4) is 0 Å². The van der Waals surface area contributed by atoms with Gasteiger partial charge >= 0.3 is 0 Å². The van der Waals surface area contributed by atoms with Crippen molar-refractivity contribution in [1.29, 1.82) is 0 Å². The van der Waals surface area contributed by atoms with Crippen molar-refractivity contribution < 1.29 is 14.6 Å². The Balaban J connectivity index is 2.38. The molecule has 1 aromatic carbocycles. The number of rotatable bonds is 3. The molecule has 0 amide bonds. The maximum Gasteiger partial charge on any atom is 0.151 e. The van der Waals surface area contributed by atoms with Crippen LogP contribution in [-0.4, -0.2) is 23.6 Å². The van der Waals surface area contributed by atoms with Gasteiger partial charge in [-0.15, -0.1) is 0 Å². The topological polar surface area (TPSA) is 46.5 Å². The van der Waals surface area contributed by atoms with Crippen molar-refractivity contribution in [2.45, 2.75) is 25.4 Å². The van der Waals surface area contributed by atoms with Crippen LogP contribution in [0.1, 0.15) is 18.1 Å². The first-order valence-electron chi connectivity index (χ1n) is 5.15. The summed E-state index contributed by atoms with van der Waals surface area (Å²) in [5.74, 6) is 0.770. The van der Waals surface area contributed by atoms with Gasteiger partial charge in [0.25, 0.3) is 0 Å². The summed E-state index contributed by atoms with van der Waals surface area (Å²) in [6.07, 6.45) is 1.58. The van der Waals surface area contributed by atoms with E-state index in [0.29, 0.717) is 17.9 Å². The van der Waals surface area contributed by atoms with Gasteiger partial charge in [0, 0.05) is 17.9 Å². The number of carbonyl (C=O) groups excluding carboxylic acids is 1. The summed E-state index contributed by atoms with van der Waals surface area (Å²) in [4.78, 5) is 10.7. The van der Waals surface area contributed by atoms with Crippen LogP contribution in [0.15, 0.2) is 12.1 Å². The van der Waals surface area contributed by atoms with Crippen molar-refractivity contribution in [3.8, 4) is 5.75 Å². The predicted octanol–water partition coefficient (Wildman–Crippen LogP) is 1.77. The van der Waals surface area contributed by atoms with E-state index < -0.39 is 5.60 Å². The van der Waals surface area contributed by atoms with Gasteiger partial charge in [-0.25, -0.2) is 0 Å². The molecule has 2 rings (SSSR count). The molecule has 0 aliphatic carbocycles. The molecule has 1 aromatic rings. The lowest BCUT2D eigenvalue weighted by molar-refractivity contribution is -0.122. The highest BCUT2D eigenvalue weighted by Gasteiger charge is 2.25. The highest BCUT2D eigenvalue weighted by Crippen LogP contribution is 2.34. The molecule has 0 aromatic heterocycles. The van der Waals surface area contributed by atoms with Crippen LogP contribution in [-0.2, 0) is 17.6 Å². The fraction of sp³-hybridized carbons (Fsp3) is 0.417. The van der Waals surface area contributed by atoms with Crippen molar-refractivity contribution in [2.75, 3.05) is 6.61 Å². The normalized spacial score (nSPS) is 17.4. The average molecular weight is 241 g/mol. The van der Waals surface area contributed by atoms with Crippen molar-refractivity contribution in [1.82, 2.24) is 0 Å². The summed E-state index contributed by atoms with van der Waals surface area (Å²) in [6, 6.07) is 3.60. The van der Waals surface area contributed by atoms with Crippen LogP contribution >= 0.6 is 11.6 Å². The highest BCUT2D eigenvalue weighted by atomic mass is 35.5. The Morgan fingerprint density at radius 2 is 2.38 bits per heavy atom. The molecule has 1 atom stereocenters. The second-order valence-corrected chi connectivity index (χ2v) is 4.74. The molecule has 1 heterocycles. The van der Waals surface area contributed by atoms with E-state index in [1.807, 2.05) is 6.07 Å². The lowest BCUT2D eigenvalue weighted by Gasteiger charge is -2.17. The van der Waals surface area contributed by atoms with Crippen LogP contribution in [0.5, 0.6) is 5.75 Å². The van der Waals surface area contributed by atoms with Crippen LogP contribution in [0.2, 0.25) is 5.02 Å². The first-order chi connectivity index (χ1) is 7.52. The maximum atomic E-state index is 10.7. The van der Waals surface area contributed by atoms with Gasteiger partial charge in [-0.1, -0.05) is 11.6 Å². The molecule has 1 N–H and O–H groups in total. The van der Waals surface area contributed by atoms with Crippen LogP contribution in [0.4, 0.5) is 0 Å². The summed E-state index contributed by atoms with van der Waals surface area (Å²) < 4.78 is 5.49. The van der Waals surface area contributed by atoms with Gasteiger partial charge in [-0.3, -0.25) is 0 Å². The molecule has 0 saturated carbocycles. The Morgan fingerprint density at radius 3 is 3.06 bits per heavy atom. The van der Waals surface area contributed by atoms with E-state index in [0.717, 1.165) is 23.3 Å². The molecule has 1 aliphatic heterocycles. The maximum absolute atomic E-state index is 10.7. The number of benzene rings is 1. The minimum atomic E-state index is -1.37. The number of halogens is 1. The van der Waals surface area contributed by atoms with Gasteiger partial charge in [0.05, 0.1) is 6.61 Å². The van der Waals surface area contributed by atoms with Crippen molar-refractivity contribution in [2.24, 2.45) is 0 Å². The number of carbonyl (C=O) groups is 1. The van der Waals surface area contributed by atoms with Gasteiger partial charge in [0.15, 0.2) is 6.29 Å². The third kappa shape index (κ3) is 2.20. The molecule has 86 valence electrons. The van der Waals surface area contributed by atoms with E-state index in [1.54, 1.807) is 6.07 Å². The van der Waals surface area contributed by atoms with Crippen LogP contribution in [0, 0.1) is 0 Å². The zero-order valence-corrected chi connectivity index (χ0v) is 9.75. The first kappa shape index (κ1) is 11.4. The van der Waals surface area contributed by atoms with E-state index in [9.17, 15) is 9.90 Å². The largest absolute Gasteiger partial charge is 0.493 e. The fourth-order valence-corrected chi connectivity index (χ4v) is 2.17. The molecule has 1 unspecified atom stereocenters. The van der Waals surface area contributed by atoms with Crippen molar-refractivity contribution in [3.63, 3.8) is 0 Å². The molecule has 0 spiro atoms. The van der Waals surface area contributed by atoms with Gasteiger partial charge in [-0.05, 0) is 30.2 Å². The van der Waals surface area contributed by atoms with E-state index in [-0.39, 0.29) is 6.42 Å². The molecule has 0 bridgehead atoms. The zero-order valence-electron chi connectivity index (χ0n) is 9.00. The highest BCUT2D eigenvalue weighted by molar-refractivity contribution is 6.30. The lowest BCUT2D eigenvalue weighted by Crippen LogP contribution is -2.29. The minimum Gasteiger partial charge on any atom is -0.493 e. The van der Waals surface area contributed by atoms with Gasteiger partial charge in [0.2, 0.25) is 0 Å². The number of hydrogen-bond acceptors (Lipinski definition) is 3. The third-order valence-corrected chi connectivity index (χ3v) is 2.85. The molecular weight excluding hydrogens is 228 g/mol. The molecule has 0 saturated heterocycles. The molecule has 0 radical (unpaired) electrons. The molecule has 0 fully saturated rings. The number of aliphatic hydroxyl groups is 1. The summed E-state index contributed by atoms with van der Waals surface area (Å²) in [6.45, 7) is 2.11. The minimum absolute atomic E-state index is 0.222. The molecular formula is C12H13ClO3. The number of ether oxygens (including phenoxy) is 1. The first-order valence-corrected chi connectivity index (χ1v) is 5.52. The monoisotopic (exact) mass is 240 g/mol. The standard InChI is InChI=1S/C12H13ClO3/c1-12(15,7-14)6-9-5-10(13)4-8-2-3-16-11(8)9/h4-5,7,15H,2-3,6H2,1H3. The van der Waals surface area contributed by atoms with Gasteiger partial charge < -0.3 is 14.6 Å². The smallest absolute Gasteiger partial charge is 0.151 e. The van der Waals surface area contributed by atoms with Crippen LogP contribution in [0.25, 0.3) is 0 Å². The summed E-state index contributed by atoms with van der Waals surface area (Å²) in [7, 11) is 0. The quantitative estimate of drug-likeness (QED) is 0.819. The predicted molar refractivity (Wildman–Crippen MR) is 61.0 cm³/mol. The molecule has 3 nitrogen and oxygen atoms in total. The van der Waals surface area contributed by atoms with Crippen molar-refractivity contribution >= 4 is 17.9 Å². The summed E-state index contributed by atoms with van der Waals surface area (Å²) >= 11 is 5.98. The van der Waals surface area contributed by atoms with Crippen LogP contribution < -0.4 is 4.74 Å². The second kappa shape index (κ2) is 4.07. The van der Waals surface area contributed by atoms with Gasteiger partial charge in [-0.2, -0.15) is 0 Å². The van der Waals surface area contributed by atoms with E-state index >= 15 is 0 Å². The Hall–Kier alpha value is -1.06. The summed E-state index contributed by atoms with van der Waals surface area (Å²) in [5, 5.41) is 10.3. The Kier molecular flexibility index (Phi) is 2.91. The average Bonchev–Trinajstić information content (AvgIpc) is 2.65. The molecule has 1 aliphatic rings. The third-order valence-electron chi connectivity index (χ3n) is 2.63. The van der Waals surface area contributed by atoms with E-state index in [4.69, 9.17) is 16.3 Å².